The lowest BCUT2D eigenvalue weighted by Crippen LogP contribution is -2.53. The third-order valence-corrected chi connectivity index (χ3v) is 4.65. The van der Waals surface area contributed by atoms with Crippen LogP contribution in [0.2, 0.25) is 0 Å². The first-order valence-electron chi connectivity index (χ1n) is 8.58. The van der Waals surface area contributed by atoms with Crippen LogP contribution in [0.1, 0.15) is 26.7 Å². The number of likely N-dealkylation sites (N-methyl/N-ethyl adjacent to an activating group) is 1. The monoisotopic (exact) mass is 318 g/mol. The lowest BCUT2D eigenvalue weighted by molar-refractivity contribution is -0.135. The van der Waals surface area contributed by atoms with Crippen LogP contribution in [0.15, 0.2) is 24.3 Å². The van der Waals surface area contributed by atoms with Gasteiger partial charge in [0.2, 0.25) is 5.91 Å². The Bertz CT molecular complexity index is 549. The summed E-state index contributed by atoms with van der Waals surface area (Å²) in [5.74, 6) is 2.32. The van der Waals surface area contributed by atoms with Crippen molar-refractivity contribution in [2.75, 3.05) is 26.2 Å². The van der Waals surface area contributed by atoms with Gasteiger partial charge in [0.15, 0.2) is 17.6 Å². The average molecular weight is 318 g/mol. The first kappa shape index (κ1) is 16.1. The molecule has 23 heavy (non-hydrogen) atoms. The maximum atomic E-state index is 12.8. The van der Waals surface area contributed by atoms with E-state index in [1.54, 1.807) is 0 Å². The highest BCUT2D eigenvalue weighted by atomic mass is 16.6. The molecule has 3 atom stereocenters. The van der Waals surface area contributed by atoms with E-state index >= 15 is 0 Å². The Morgan fingerprint density at radius 2 is 2.13 bits per heavy atom. The predicted octanol–water partition coefficient (Wildman–Crippen LogP) is 2.06. The number of benzene rings is 1. The van der Waals surface area contributed by atoms with Gasteiger partial charge in [0, 0.05) is 6.54 Å². The van der Waals surface area contributed by atoms with Crippen LogP contribution in [0.5, 0.6) is 11.5 Å². The molecule has 0 radical (unpaired) electrons. The smallest absolute Gasteiger partial charge is 0.239 e. The molecule has 0 saturated carbocycles. The number of para-hydroxylation sites is 2. The Morgan fingerprint density at radius 3 is 2.87 bits per heavy atom. The van der Waals surface area contributed by atoms with Crippen molar-refractivity contribution < 1.29 is 14.3 Å². The number of nitrogens with zero attached hydrogens (tertiary/aromatic N) is 1. The van der Waals surface area contributed by atoms with Crippen molar-refractivity contribution in [3.63, 3.8) is 0 Å². The molecule has 0 spiro atoms. The van der Waals surface area contributed by atoms with Gasteiger partial charge in [-0.25, -0.2) is 0 Å². The van der Waals surface area contributed by atoms with Gasteiger partial charge >= 0.3 is 0 Å². The van der Waals surface area contributed by atoms with Crippen LogP contribution in [-0.2, 0) is 4.79 Å². The number of nitrogens with one attached hydrogen (secondary N) is 1. The molecule has 126 valence electrons. The first-order valence-corrected chi connectivity index (χ1v) is 8.58. The Kier molecular flexibility index (Phi) is 5.06. The number of hydrogen-bond acceptors (Lipinski definition) is 4. The van der Waals surface area contributed by atoms with Gasteiger partial charge < -0.3 is 19.7 Å². The zero-order valence-electron chi connectivity index (χ0n) is 14.0. The van der Waals surface area contributed by atoms with E-state index in [1.165, 1.54) is 0 Å². The predicted molar refractivity (Wildman–Crippen MR) is 88.8 cm³/mol. The minimum Gasteiger partial charge on any atom is -0.486 e. The number of carbonyl (C=O) groups excluding carboxylic acids is 1. The second kappa shape index (κ2) is 7.21. The van der Waals surface area contributed by atoms with Crippen molar-refractivity contribution in [2.45, 2.75) is 38.8 Å². The lowest BCUT2D eigenvalue weighted by atomic mass is 9.93. The normalized spacial score (nSPS) is 26.6. The van der Waals surface area contributed by atoms with Gasteiger partial charge in [-0.1, -0.05) is 19.1 Å². The van der Waals surface area contributed by atoms with Gasteiger partial charge in [-0.3, -0.25) is 4.79 Å². The van der Waals surface area contributed by atoms with Gasteiger partial charge in [0.05, 0.1) is 12.6 Å². The van der Waals surface area contributed by atoms with Crippen molar-refractivity contribution in [3.05, 3.63) is 24.3 Å². The summed E-state index contributed by atoms with van der Waals surface area (Å²) in [7, 11) is 0. The molecule has 0 aliphatic carbocycles. The molecule has 1 amide bonds. The van der Waals surface area contributed by atoms with E-state index in [1.807, 2.05) is 36.1 Å². The van der Waals surface area contributed by atoms with Gasteiger partial charge in [-0.2, -0.15) is 0 Å². The number of carbonyl (C=O) groups is 1. The summed E-state index contributed by atoms with van der Waals surface area (Å²) in [6.07, 6.45) is 1.95. The third-order valence-electron chi connectivity index (χ3n) is 4.65. The van der Waals surface area contributed by atoms with Crippen LogP contribution in [0.4, 0.5) is 0 Å². The average Bonchev–Trinajstić information content (AvgIpc) is 2.59. The fourth-order valence-corrected chi connectivity index (χ4v) is 3.29. The summed E-state index contributed by atoms with van der Waals surface area (Å²) in [6.45, 7) is 6.89. The molecule has 5 nitrogen and oxygen atoms in total. The number of fused-ring (bicyclic) bond motifs is 1. The number of hydrogen-bond donors (Lipinski definition) is 1. The Balaban J connectivity index is 1.60. The standard InChI is InChI=1S/C18H26N2O3/c1-3-20(18(21)15-10-13(2)8-9-19-15)11-14-12-22-16-6-4-5-7-17(16)23-14/h4-7,13-15,19H,3,8-12H2,1-2H3. The Morgan fingerprint density at radius 1 is 1.35 bits per heavy atom. The minimum atomic E-state index is -0.116. The van der Waals surface area contributed by atoms with E-state index in [-0.39, 0.29) is 18.1 Å². The van der Waals surface area contributed by atoms with Crippen LogP contribution in [0.25, 0.3) is 0 Å². The largest absolute Gasteiger partial charge is 0.486 e. The zero-order chi connectivity index (χ0) is 16.2. The van der Waals surface area contributed by atoms with Crippen molar-refractivity contribution in [1.82, 2.24) is 10.2 Å². The van der Waals surface area contributed by atoms with Gasteiger partial charge in [-0.15, -0.1) is 0 Å². The maximum Gasteiger partial charge on any atom is 0.239 e. The number of ether oxygens (including phenoxy) is 2. The van der Waals surface area contributed by atoms with Gasteiger partial charge in [0.25, 0.3) is 0 Å². The van der Waals surface area contributed by atoms with Crippen molar-refractivity contribution in [3.8, 4) is 11.5 Å². The summed E-state index contributed by atoms with van der Waals surface area (Å²) in [5, 5.41) is 3.35. The first-order chi connectivity index (χ1) is 11.2. The van der Waals surface area contributed by atoms with E-state index < -0.39 is 0 Å². The molecule has 2 heterocycles. The number of piperidine rings is 1. The highest BCUT2D eigenvalue weighted by molar-refractivity contribution is 5.82. The van der Waals surface area contributed by atoms with Crippen LogP contribution in [-0.4, -0.2) is 49.2 Å². The van der Waals surface area contributed by atoms with E-state index in [2.05, 4.69) is 12.2 Å². The fraction of sp³-hybridized carbons (Fsp3) is 0.611. The summed E-state index contributed by atoms with van der Waals surface area (Å²) in [5.41, 5.74) is 0. The third kappa shape index (κ3) is 3.78. The second-order valence-corrected chi connectivity index (χ2v) is 6.51. The van der Waals surface area contributed by atoms with Crippen LogP contribution >= 0.6 is 0 Å². The molecule has 1 fully saturated rings. The molecule has 3 unspecified atom stereocenters. The summed E-state index contributed by atoms with van der Waals surface area (Å²) >= 11 is 0. The van der Waals surface area contributed by atoms with Crippen LogP contribution < -0.4 is 14.8 Å². The number of rotatable bonds is 4. The minimum absolute atomic E-state index is 0.0597. The molecule has 1 N–H and O–H groups in total. The topological polar surface area (TPSA) is 50.8 Å². The van der Waals surface area contributed by atoms with Crippen molar-refractivity contribution in [1.29, 1.82) is 0 Å². The Hall–Kier alpha value is -1.75. The lowest BCUT2D eigenvalue weighted by Gasteiger charge is -2.35. The molecular weight excluding hydrogens is 292 g/mol. The van der Waals surface area contributed by atoms with Crippen molar-refractivity contribution >= 4 is 5.91 Å². The van der Waals surface area contributed by atoms with E-state index in [0.717, 1.165) is 30.9 Å². The zero-order valence-corrected chi connectivity index (χ0v) is 14.0. The highest BCUT2D eigenvalue weighted by Crippen LogP contribution is 2.31. The highest BCUT2D eigenvalue weighted by Gasteiger charge is 2.30. The molecule has 0 bridgehead atoms. The van der Waals surface area contributed by atoms with E-state index in [4.69, 9.17) is 9.47 Å². The summed E-state index contributed by atoms with van der Waals surface area (Å²) in [4.78, 5) is 14.6. The second-order valence-electron chi connectivity index (χ2n) is 6.51. The maximum absolute atomic E-state index is 12.8. The van der Waals surface area contributed by atoms with E-state index in [0.29, 0.717) is 25.6 Å². The van der Waals surface area contributed by atoms with Gasteiger partial charge in [-0.05, 0) is 44.4 Å². The molecular formula is C18H26N2O3. The van der Waals surface area contributed by atoms with E-state index in [9.17, 15) is 4.79 Å². The fourth-order valence-electron chi connectivity index (χ4n) is 3.29. The van der Waals surface area contributed by atoms with Crippen LogP contribution in [0.3, 0.4) is 0 Å². The molecule has 1 aromatic carbocycles. The molecule has 1 aromatic rings. The SMILES string of the molecule is CCN(CC1COc2ccccc2O1)C(=O)C1CC(C)CCN1. The van der Waals surface area contributed by atoms with Crippen molar-refractivity contribution in [2.24, 2.45) is 5.92 Å². The summed E-state index contributed by atoms with van der Waals surface area (Å²) in [6, 6.07) is 7.61. The molecule has 0 aromatic heterocycles. The molecule has 2 aliphatic heterocycles. The molecule has 3 rings (SSSR count). The Labute approximate surface area is 137 Å². The quantitative estimate of drug-likeness (QED) is 0.923. The number of amides is 1. The molecule has 2 aliphatic rings. The molecule has 1 saturated heterocycles. The summed E-state index contributed by atoms with van der Waals surface area (Å²) < 4.78 is 11.7. The molecule has 5 heteroatoms. The van der Waals surface area contributed by atoms with Crippen LogP contribution in [0, 0.1) is 5.92 Å². The van der Waals surface area contributed by atoms with Gasteiger partial charge in [0.1, 0.15) is 6.61 Å².